The molecule has 0 bridgehead atoms. The monoisotopic (exact) mass is 207 g/mol. The second kappa shape index (κ2) is 6.87. The molecule has 1 atom stereocenters. The number of amides is 1. The Hall–Kier alpha value is -1.51. The Morgan fingerprint density at radius 1 is 1.60 bits per heavy atom. The van der Waals surface area contributed by atoms with Crippen molar-refractivity contribution in [2.24, 2.45) is 5.92 Å². The molecule has 0 aromatic heterocycles. The summed E-state index contributed by atoms with van der Waals surface area (Å²) < 4.78 is 4.50. The van der Waals surface area contributed by atoms with Crippen LogP contribution in [-0.2, 0) is 4.74 Å². The highest BCUT2D eigenvalue weighted by atomic mass is 16.5. The van der Waals surface area contributed by atoms with Gasteiger partial charge in [-0.25, -0.2) is 4.79 Å². The fraction of sp³-hybridized carbons (Fsp3) is 0.417. The smallest absolute Gasteiger partial charge is 0.412 e. The maximum absolute atomic E-state index is 10.8. The van der Waals surface area contributed by atoms with Gasteiger partial charge in [0.25, 0.3) is 0 Å². The summed E-state index contributed by atoms with van der Waals surface area (Å²) in [7, 11) is 0. The zero-order valence-corrected chi connectivity index (χ0v) is 8.82. The van der Waals surface area contributed by atoms with Crippen LogP contribution in [0.5, 0.6) is 0 Å². The molecule has 0 radical (unpaired) electrons. The van der Waals surface area contributed by atoms with Gasteiger partial charge in [-0.05, 0) is 25.2 Å². The fourth-order valence-corrected chi connectivity index (χ4v) is 1.51. The van der Waals surface area contributed by atoms with Gasteiger partial charge in [-0.15, -0.1) is 0 Å². The lowest BCUT2D eigenvalue weighted by atomic mass is 9.94. The van der Waals surface area contributed by atoms with Gasteiger partial charge in [-0.1, -0.05) is 30.9 Å². The highest BCUT2D eigenvalue weighted by molar-refractivity contribution is 5.67. The Bertz CT molecular complexity index is 269. The third kappa shape index (κ3) is 5.05. The summed E-state index contributed by atoms with van der Waals surface area (Å²) in [6, 6.07) is 0. The zero-order valence-electron chi connectivity index (χ0n) is 8.82. The second-order valence-corrected chi connectivity index (χ2v) is 3.43. The van der Waals surface area contributed by atoms with Crippen molar-refractivity contribution in [3.8, 4) is 0 Å². The van der Waals surface area contributed by atoms with Crippen LogP contribution < -0.4 is 5.32 Å². The number of carbonyl (C=O) groups is 1. The Kier molecular flexibility index (Phi) is 5.30. The number of hydrogen-bond donors (Lipinski definition) is 1. The van der Waals surface area contributed by atoms with E-state index in [1.165, 1.54) is 6.42 Å². The molecule has 0 fully saturated rings. The molecule has 0 aliphatic heterocycles. The van der Waals surface area contributed by atoms with Crippen LogP contribution in [-0.4, -0.2) is 12.6 Å². The molecule has 1 aliphatic rings. The van der Waals surface area contributed by atoms with Crippen molar-refractivity contribution in [3.63, 3.8) is 0 Å². The van der Waals surface area contributed by atoms with Crippen LogP contribution in [0.2, 0.25) is 0 Å². The van der Waals surface area contributed by atoms with E-state index in [4.69, 9.17) is 0 Å². The quantitative estimate of drug-likeness (QED) is 0.568. The zero-order chi connectivity index (χ0) is 10.9. The third-order valence-electron chi connectivity index (χ3n) is 2.27. The van der Waals surface area contributed by atoms with Gasteiger partial charge >= 0.3 is 6.09 Å². The van der Waals surface area contributed by atoms with Gasteiger partial charge in [-0.2, -0.15) is 0 Å². The average molecular weight is 207 g/mol. The molecule has 3 heteroatoms. The molecule has 0 heterocycles. The molecule has 1 rings (SSSR count). The first-order chi connectivity index (χ1) is 7.33. The van der Waals surface area contributed by atoms with Gasteiger partial charge in [0.2, 0.25) is 0 Å². The van der Waals surface area contributed by atoms with E-state index in [1.807, 2.05) is 6.08 Å². The number of allylic oxidation sites excluding steroid dienone is 3. The van der Waals surface area contributed by atoms with Gasteiger partial charge in [0.15, 0.2) is 0 Å². The summed E-state index contributed by atoms with van der Waals surface area (Å²) in [4.78, 5) is 10.8. The number of alkyl carbamates (subject to hydrolysis) is 1. The standard InChI is InChI=1S/C12H17NO2/c1-2-15-12(14)13-10-6-9-11-7-4-3-5-8-11/h2-4,6,9,11H,1,5,7-8,10H2,(H,13,14)/b9-6+. The SMILES string of the molecule is C=COC(=O)NC/C=C/C1CC=CCC1. The van der Waals surface area contributed by atoms with E-state index < -0.39 is 6.09 Å². The van der Waals surface area contributed by atoms with Gasteiger partial charge in [0.1, 0.15) is 0 Å². The molecule has 1 unspecified atom stereocenters. The summed E-state index contributed by atoms with van der Waals surface area (Å²) in [5.74, 6) is 0.618. The Labute approximate surface area is 90.5 Å². The molecule has 0 spiro atoms. The molecule has 1 aliphatic carbocycles. The van der Waals surface area contributed by atoms with Crippen molar-refractivity contribution in [3.05, 3.63) is 37.1 Å². The van der Waals surface area contributed by atoms with Crippen molar-refractivity contribution in [1.29, 1.82) is 0 Å². The lowest BCUT2D eigenvalue weighted by Crippen LogP contribution is -2.22. The summed E-state index contributed by atoms with van der Waals surface area (Å²) >= 11 is 0. The molecule has 1 amide bonds. The van der Waals surface area contributed by atoms with Gasteiger partial charge < -0.3 is 10.1 Å². The first-order valence-corrected chi connectivity index (χ1v) is 5.20. The first-order valence-electron chi connectivity index (χ1n) is 5.20. The average Bonchev–Trinajstić information content (AvgIpc) is 2.26. The molecule has 0 aromatic rings. The summed E-state index contributed by atoms with van der Waals surface area (Å²) in [5.41, 5.74) is 0. The Morgan fingerprint density at radius 2 is 2.47 bits per heavy atom. The van der Waals surface area contributed by atoms with E-state index >= 15 is 0 Å². The van der Waals surface area contributed by atoms with Crippen molar-refractivity contribution in [1.82, 2.24) is 5.32 Å². The van der Waals surface area contributed by atoms with Crippen LogP contribution in [0.25, 0.3) is 0 Å². The number of rotatable bonds is 4. The van der Waals surface area contributed by atoms with Gasteiger partial charge in [0, 0.05) is 6.54 Å². The minimum atomic E-state index is -0.460. The van der Waals surface area contributed by atoms with Crippen molar-refractivity contribution < 1.29 is 9.53 Å². The fourth-order valence-electron chi connectivity index (χ4n) is 1.51. The largest absolute Gasteiger partial charge is 0.419 e. The van der Waals surface area contributed by atoms with E-state index in [1.54, 1.807) is 0 Å². The van der Waals surface area contributed by atoms with Crippen LogP contribution in [0.15, 0.2) is 37.1 Å². The number of ether oxygens (including phenoxy) is 1. The Morgan fingerprint density at radius 3 is 3.13 bits per heavy atom. The van der Waals surface area contributed by atoms with Crippen molar-refractivity contribution in [2.75, 3.05) is 6.54 Å². The van der Waals surface area contributed by atoms with Crippen LogP contribution in [0, 0.1) is 5.92 Å². The highest BCUT2D eigenvalue weighted by Crippen LogP contribution is 2.18. The molecule has 3 nitrogen and oxygen atoms in total. The molecule has 1 N–H and O–H groups in total. The lowest BCUT2D eigenvalue weighted by Gasteiger charge is -2.12. The third-order valence-corrected chi connectivity index (χ3v) is 2.27. The van der Waals surface area contributed by atoms with E-state index in [2.05, 4.69) is 34.9 Å². The van der Waals surface area contributed by atoms with E-state index in [0.717, 1.165) is 19.1 Å². The molecule has 15 heavy (non-hydrogen) atoms. The van der Waals surface area contributed by atoms with E-state index in [0.29, 0.717) is 12.5 Å². The number of hydrogen-bond acceptors (Lipinski definition) is 2. The highest BCUT2D eigenvalue weighted by Gasteiger charge is 2.04. The van der Waals surface area contributed by atoms with Crippen molar-refractivity contribution in [2.45, 2.75) is 19.3 Å². The summed E-state index contributed by atoms with van der Waals surface area (Å²) in [6.45, 7) is 3.80. The minimum absolute atomic E-state index is 0.460. The topological polar surface area (TPSA) is 38.3 Å². The molecule has 0 saturated heterocycles. The second-order valence-electron chi connectivity index (χ2n) is 3.43. The van der Waals surface area contributed by atoms with Gasteiger partial charge in [-0.3, -0.25) is 0 Å². The van der Waals surface area contributed by atoms with Crippen LogP contribution in [0.3, 0.4) is 0 Å². The predicted molar refractivity (Wildman–Crippen MR) is 60.3 cm³/mol. The summed E-state index contributed by atoms with van der Waals surface area (Å²) in [6.07, 6.45) is 12.6. The van der Waals surface area contributed by atoms with E-state index in [-0.39, 0.29) is 0 Å². The summed E-state index contributed by atoms with van der Waals surface area (Å²) in [5, 5.41) is 2.59. The molecule has 82 valence electrons. The van der Waals surface area contributed by atoms with Crippen LogP contribution in [0.4, 0.5) is 4.79 Å². The maximum atomic E-state index is 10.8. The number of nitrogens with one attached hydrogen (secondary N) is 1. The number of carbonyl (C=O) groups excluding carboxylic acids is 1. The van der Waals surface area contributed by atoms with Crippen LogP contribution in [0.1, 0.15) is 19.3 Å². The molecular formula is C12H17NO2. The molecule has 0 saturated carbocycles. The molecular weight excluding hydrogens is 190 g/mol. The minimum Gasteiger partial charge on any atom is -0.419 e. The van der Waals surface area contributed by atoms with Gasteiger partial charge in [0.05, 0.1) is 6.26 Å². The van der Waals surface area contributed by atoms with Crippen LogP contribution >= 0.6 is 0 Å². The maximum Gasteiger partial charge on any atom is 0.412 e. The first kappa shape index (κ1) is 11.6. The van der Waals surface area contributed by atoms with E-state index in [9.17, 15) is 4.79 Å². The Balaban J connectivity index is 2.13. The predicted octanol–water partition coefficient (Wildman–Crippen LogP) is 2.77. The lowest BCUT2D eigenvalue weighted by molar-refractivity contribution is 0.187. The molecule has 0 aromatic carbocycles. The normalized spacial score (nSPS) is 20.1. The van der Waals surface area contributed by atoms with Crippen molar-refractivity contribution >= 4 is 6.09 Å².